The first kappa shape index (κ1) is 7.81. The highest BCUT2D eigenvalue weighted by Gasteiger charge is 1.96. The Hall–Kier alpha value is -1.30. The van der Waals surface area contributed by atoms with E-state index in [9.17, 15) is 0 Å². The number of nitrogens with zero attached hydrogens (tertiary/aromatic N) is 2. The second-order valence-corrected chi connectivity index (χ2v) is 1.63. The summed E-state index contributed by atoms with van der Waals surface area (Å²) in [6, 6.07) is 0.260. The third kappa shape index (κ3) is 2.08. The van der Waals surface area contributed by atoms with Crippen molar-refractivity contribution in [1.29, 1.82) is 0 Å². The summed E-state index contributed by atoms with van der Waals surface area (Å²) in [5, 5.41) is 8.21. The first-order chi connectivity index (χ1) is 5.36. The minimum absolute atomic E-state index is 0.260. The molecule has 0 aromatic carbocycles. The van der Waals surface area contributed by atoms with Crippen molar-refractivity contribution in [2.75, 3.05) is 7.11 Å². The smallest absolute Gasteiger partial charge is 0.535 e. The zero-order valence-corrected chi connectivity index (χ0v) is 5.89. The van der Waals surface area contributed by atoms with Gasteiger partial charge in [-0.25, -0.2) is 0 Å². The third-order valence-electron chi connectivity index (χ3n) is 0.976. The standard InChI is InChI=1S/C5H6BN2O3/c1-10-5-7-2-4(3-8-5)11-6-9/h2-3,9H,1H3. The van der Waals surface area contributed by atoms with Crippen LogP contribution in [0.2, 0.25) is 0 Å². The average Bonchev–Trinajstić information content (AvgIpc) is 2.07. The van der Waals surface area contributed by atoms with Crippen LogP contribution in [0.25, 0.3) is 0 Å². The molecular formula is C5H6BN2O3. The summed E-state index contributed by atoms with van der Waals surface area (Å²) < 4.78 is 9.25. The summed E-state index contributed by atoms with van der Waals surface area (Å²) in [7, 11) is 2.03. The molecule has 0 aliphatic rings. The summed E-state index contributed by atoms with van der Waals surface area (Å²) >= 11 is 0. The maximum absolute atomic E-state index is 8.21. The van der Waals surface area contributed by atoms with Crippen LogP contribution in [0.4, 0.5) is 0 Å². The number of hydrogen-bond donors (Lipinski definition) is 1. The van der Waals surface area contributed by atoms with Crippen molar-refractivity contribution in [2.45, 2.75) is 0 Å². The molecule has 0 aliphatic heterocycles. The maximum Gasteiger partial charge on any atom is 0.569 e. The van der Waals surface area contributed by atoms with Gasteiger partial charge in [0.1, 0.15) is 5.75 Å². The second-order valence-electron chi connectivity index (χ2n) is 1.63. The van der Waals surface area contributed by atoms with Crippen molar-refractivity contribution in [3.63, 3.8) is 0 Å². The number of aromatic nitrogens is 2. The maximum atomic E-state index is 8.21. The molecule has 11 heavy (non-hydrogen) atoms. The molecule has 6 heteroatoms. The quantitative estimate of drug-likeness (QED) is 0.586. The Kier molecular flexibility index (Phi) is 2.68. The van der Waals surface area contributed by atoms with E-state index in [1.807, 2.05) is 0 Å². The molecule has 0 unspecified atom stereocenters. The van der Waals surface area contributed by atoms with Gasteiger partial charge >= 0.3 is 13.7 Å². The molecule has 0 saturated carbocycles. The number of rotatable bonds is 3. The normalized spacial score (nSPS) is 8.91. The molecule has 1 rings (SSSR count). The van der Waals surface area contributed by atoms with Crippen LogP contribution >= 0.6 is 0 Å². The van der Waals surface area contributed by atoms with Crippen LogP contribution in [-0.2, 0) is 0 Å². The Balaban J connectivity index is 2.66. The summed E-state index contributed by atoms with van der Waals surface area (Å²) in [6.45, 7) is 0. The van der Waals surface area contributed by atoms with E-state index in [-0.39, 0.29) is 6.01 Å². The van der Waals surface area contributed by atoms with Gasteiger partial charge in [-0.1, -0.05) is 0 Å². The SMILES string of the molecule is COc1ncc(O[B]O)cn1. The van der Waals surface area contributed by atoms with Crippen LogP contribution in [0.3, 0.4) is 0 Å². The highest BCUT2D eigenvalue weighted by molar-refractivity contribution is 6.17. The van der Waals surface area contributed by atoms with Gasteiger partial charge in [-0.3, -0.25) is 0 Å². The first-order valence-electron chi connectivity index (χ1n) is 2.85. The number of hydrogen-bond acceptors (Lipinski definition) is 5. The van der Waals surface area contributed by atoms with E-state index in [1.165, 1.54) is 19.5 Å². The highest BCUT2D eigenvalue weighted by Crippen LogP contribution is 2.07. The highest BCUT2D eigenvalue weighted by atomic mass is 16.5. The largest absolute Gasteiger partial charge is 0.569 e. The summed E-state index contributed by atoms with van der Waals surface area (Å²) in [4.78, 5) is 7.45. The predicted molar refractivity (Wildman–Crippen MR) is 37.2 cm³/mol. The minimum Gasteiger partial charge on any atom is -0.535 e. The van der Waals surface area contributed by atoms with Crippen molar-refractivity contribution in [1.82, 2.24) is 9.97 Å². The Morgan fingerprint density at radius 3 is 2.55 bits per heavy atom. The molecular weight excluding hydrogens is 147 g/mol. The number of methoxy groups -OCH3 is 1. The van der Waals surface area contributed by atoms with E-state index in [2.05, 4.69) is 14.6 Å². The Morgan fingerprint density at radius 2 is 2.09 bits per heavy atom. The molecule has 57 valence electrons. The minimum atomic E-state index is 0.260. The fraction of sp³-hybridized carbons (Fsp3) is 0.200. The van der Waals surface area contributed by atoms with Gasteiger partial charge in [-0.15, -0.1) is 0 Å². The van der Waals surface area contributed by atoms with Crippen LogP contribution in [0, 0.1) is 0 Å². The van der Waals surface area contributed by atoms with Gasteiger partial charge in [0.2, 0.25) is 0 Å². The summed E-state index contributed by atoms with van der Waals surface area (Å²) in [5.41, 5.74) is 0. The van der Waals surface area contributed by atoms with Gasteiger partial charge in [0, 0.05) is 0 Å². The molecule has 1 heterocycles. The van der Waals surface area contributed by atoms with E-state index in [0.29, 0.717) is 13.4 Å². The second kappa shape index (κ2) is 3.77. The van der Waals surface area contributed by atoms with Crippen molar-refractivity contribution in [3.05, 3.63) is 12.4 Å². The van der Waals surface area contributed by atoms with Gasteiger partial charge in [-0.2, -0.15) is 9.97 Å². The van der Waals surface area contributed by atoms with Gasteiger partial charge in [0.15, 0.2) is 0 Å². The van der Waals surface area contributed by atoms with Crippen LogP contribution in [0.1, 0.15) is 0 Å². The molecule has 0 aliphatic carbocycles. The molecule has 5 nitrogen and oxygen atoms in total. The van der Waals surface area contributed by atoms with E-state index in [0.717, 1.165) is 0 Å². The van der Waals surface area contributed by atoms with Crippen LogP contribution in [0.15, 0.2) is 12.4 Å². The first-order valence-corrected chi connectivity index (χ1v) is 2.85. The Morgan fingerprint density at radius 1 is 1.45 bits per heavy atom. The fourth-order valence-electron chi connectivity index (χ4n) is 0.531. The molecule has 0 spiro atoms. The molecule has 0 amide bonds. The Bertz CT molecular complexity index is 215. The van der Waals surface area contributed by atoms with Gasteiger partial charge in [-0.05, 0) is 0 Å². The molecule has 1 N–H and O–H groups in total. The topological polar surface area (TPSA) is 64.5 Å². The van der Waals surface area contributed by atoms with E-state index in [4.69, 9.17) is 9.76 Å². The lowest BCUT2D eigenvalue weighted by Crippen LogP contribution is -2.01. The van der Waals surface area contributed by atoms with E-state index in [1.54, 1.807) is 0 Å². The molecule has 0 fully saturated rings. The van der Waals surface area contributed by atoms with Crippen molar-refractivity contribution in [3.8, 4) is 11.8 Å². The molecule has 0 saturated heterocycles. The van der Waals surface area contributed by atoms with Crippen molar-refractivity contribution >= 4 is 7.69 Å². The monoisotopic (exact) mass is 153 g/mol. The van der Waals surface area contributed by atoms with Gasteiger partial charge in [0.05, 0.1) is 19.5 Å². The van der Waals surface area contributed by atoms with Crippen LogP contribution < -0.4 is 9.39 Å². The fourth-order valence-corrected chi connectivity index (χ4v) is 0.531. The van der Waals surface area contributed by atoms with Gasteiger partial charge in [0.25, 0.3) is 0 Å². The lowest BCUT2D eigenvalue weighted by Gasteiger charge is -1.99. The summed E-state index contributed by atoms with van der Waals surface area (Å²) in [6.07, 6.45) is 2.77. The zero-order valence-electron chi connectivity index (χ0n) is 5.89. The molecule has 1 aromatic rings. The Labute approximate surface area is 64.3 Å². The molecule has 1 radical (unpaired) electrons. The van der Waals surface area contributed by atoms with Crippen LogP contribution in [0.5, 0.6) is 11.8 Å². The lowest BCUT2D eigenvalue weighted by molar-refractivity contribution is 0.376. The predicted octanol–water partition coefficient (Wildman–Crippen LogP) is -0.610. The zero-order chi connectivity index (χ0) is 8.10. The van der Waals surface area contributed by atoms with E-state index >= 15 is 0 Å². The molecule has 0 bridgehead atoms. The van der Waals surface area contributed by atoms with Gasteiger partial charge < -0.3 is 14.4 Å². The van der Waals surface area contributed by atoms with E-state index < -0.39 is 0 Å². The molecule has 1 aromatic heterocycles. The lowest BCUT2D eigenvalue weighted by atomic mass is 10.4. The van der Waals surface area contributed by atoms with Crippen molar-refractivity contribution in [2.24, 2.45) is 0 Å². The third-order valence-corrected chi connectivity index (χ3v) is 0.976. The number of ether oxygens (including phenoxy) is 1. The molecule has 0 atom stereocenters. The van der Waals surface area contributed by atoms with Crippen molar-refractivity contribution < 1.29 is 14.4 Å². The summed E-state index contributed by atoms with van der Waals surface area (Å²) in [5.74, 6) is 0.355. The van der Waals surface area contributed by atoms with Crippen LogP contribution in [-0.4, -0.2) is 29.8 Å². The average molecular weight is 153 g/mol.